The summed E-state index contributed by atoms with van der Waals surface area (Å²) in [6.45, 7) is 4.12. The Morgan fingerprint density at radius 2 is 2.12 bits per heavy atom. The van der Waals surface area contributed by atoms with Crippen molar-refractivity contribution in [3.8, 4) is 0 Å². The van der Waals surface area contributed by atoms with Gasteiger partial charge >= 0.3 is 5.97 Å². The van der Waals surface area contributed by atoms with Crippen LogP contribution < -0.4 is 0 Å². The number of hydrogen-bond donors (Lipinski definition) is 0. The molecule has 1 atom stereocenters. The van der Waals surface area contributed by atoms with E-state index in [9.17, 15) is 4.79 Å². The lowest BCUT2D eigenvalue weighted by molar-refractivity contribution is -0.142. The molecule has 0 amide bonds. The van der Waals surface area contributed by atoms with E-state index < -0.39 is 0 Å². The average molecular weight is 293 g/mol. The van der Waals surface area contributed by atoms with E-state index in [2.05, 4.69) is 0 Å². The maximum Gasteiger partial charge on any atom is 0.319 e. The number of rotatable bonds is 5. The minimum atomic E-state index is -0.245. The first-order valence-corrected chi connectivity index (χ1v) is 7.00. The molecule has 1 unspecified atom stereocenters. The number of carbonyl (C=O) groups excluding carboxylic acids is 1. The van der Waals surface area contributed by atoms with E-state index in [0.29, 0.717) is 23.1 Å². The molecular formula is C12H14Cl2O2S. The molecule has 1 aromatic rings. The molecule has 2 nitrogen and oxygen atoms in total. The SMILES string of the molecule is CCOC(=O)C(CC)Sc1cc(Cl)ccc1Cl. The molecule has 0 aliphatic heterocycles. The van der Waals surface area contributed by atoms with E-state index in [1.165, 1.54) is 11.8 Å². The zero-order valence-electron chi connectivity index (χ0n) is 9.70. The van der Waals surface area contributed by atoms with Crippen LogP contribution >= 0.6 is 35.0 Å². The molecule has 1 rings (SSSR count). The van der Waals surface area contributed by atoms with Crippen molar-refractivity contribution < 1.29 is 9.53 Å². The molecule has 17 heavy (non-hydrogen) atoms. The Balaban J connectivity index is 2.80. The van der Waals surface area contributed by atoms with Crippen molar-refractivity contribution in [2.75, 3.05) is 6.61 Å². The van der Waals surface area contributed by atoms with Gasteiger partial charge in [-0.1, -0.05) is 30.1 Å². The van der Waals surface area contributed by atoms with Gasteiger partial charge in [0.15, 0.2) is 0 Å². The molecule has 0 aliphatic carbocycles. The van der Waals surface area contributed by atoms with Gasteiger partial charge in [0.05, 0.1) is 11.6 Å². The van der Waals surface area contributed by atoms with Gasteiger partial charge in [0.2, 0.25) is 0 Å². The highest BCUT2D eigenvalue weighted by Crippen LogP contribution is 2.34. The smallest absolute Gasteiger partial charge is 0.319 e. The topological polar surface area (TPSA) is 26.3 Å². The second kappa shape index (κ2) is 7.14. The van der Waals surface area contributed by atoms with Gasteiger partial charge in [0, 0.05) is 9.92 Å². The average Bonchev–Trinajstić information content (AvgIpc) is 2.30. The zero-order valence-corrected chi connectivity index (χ0v) is 12.0. The highest BCUT2D eigenvalue weighted by atomic mass is 35.5. The Labute approximate surface area is 116 Å². The number of benzene rings is 1. The zero-order chi connectivity index (χ0) is 12.8. The summed E-state index contributed by atoms with van der Waals surface area (Å²) in [4.78, 5) is 12.5. The summed E-state index contributed by atoms with van der Waals surface area (Å²) in [5, 5.41) is 0.962. The second-order valence-electron chi connectivity index (χ2n) is 3.34. The lowest BCUT2D eigenvalue weighted by Crippen LogP contribution is -2.19. The Kier molecular flexibility index (Phi) is 6.17. The Morgan fingerprint density at radius 3 is 2.71 bits per heavy atom. The molecule has 0 radical (unpaired) electrons. The summed E-state index contributed by atoms with van der Waals surface area (Å²) in [5.74, 6) is -0.212. The monoisotopic (exact) mass is 292 g/mol. The summed E-state index contributed by atoms with van der Waals surface area (Å²) in [6, 6.07) is 5.21. The highest BCUT2D eigenvalue weighted by Gasteiger charge is 2.20. The van der Waals surface area contributed by atoms with E-state index in [4.69, 9.17) is 27.9 Å². The van der Waals surface area contributed by atoms with Crippen molar-refractivity contribution in [3.05, 3.63) is 28.2 Å². The molecule has 0 N–H and O–H groups in total. The summed E-state index contributed by atoms with van der Waals surface area (Å²) >= 11 is 13.3. The first-order chi connectivity index (χ1) is 8.08. The van der Waals surface area contributed by atoms with Gasteiger partial charge in [-0.05, 0) is 31.5 Å². The number of halogens is 2. The van der Waals surface area contributed by atoms with Gasteiger partial charge < -0.3 is 4.74 Å². The first-order valence-electron chi connectivity index (χ1n) is 5.36. The van der Waals surface area contributed by atoms with E-state index in [1.807, 2.05) is 6.92 Å². The molecule has 1 aromatic carbocycles. The Bertz CT molecular complexity index is 396. The fourth-order valence-corrected chi connectivity index (χ4v) is 2.76. The largest absolute Gasteiger partial charge is 0.465 e. The Morgan fingerprint density at radius 1 is 1.41 bits per heavy atom. The van der Waals surface area contributed by atoms with E-state index >= 15 is 0 Å². The van der Waals surface area contributed by atoms with Gasteiger partial charge in [-0.2, -0.15) is 0 Å². The number of ether oxygens (including phenoxy) is 1. The van der Waals surface area contributed by atoms with Crippen LogP contribution in [0.1, 0.15) is 20.3 Å². The lowest BCUT2D eigenvalue weighted by Gasteiger charge is -2.14. The van der Waals surface area contributed by atoms with Crippen LogP contribution in [-0.4, -0.2) is 17.8 Å². The lowest BCUT2D eigenvalue weighted by atomic mass is 10.3. The molecule has 94 valence electrons. The molecule has 0 aliphatic rings. The minimum absolute atomic E-state index is 0.212. The van der Waals surface area contributed by atoms with Crippen LogP contribution in [-0.2, 0) is 9.53 Å². The predicted octanol–water partition coefficient (Wildman–Crippen LogP) is 4.43. The predicted molar refractivity (Wildman–Crippen MR) is 73.0 cm³/mol. The van der Waals surface area contributed by atoms with Gasteiger partial charge in [-0.15, -0.1) is 11.8 Å². The van der Waals surface area contributed by atoms with Crippen LogP contribution in [0.25, 0.3) is 0 Å². The van der Waals surface area contributed by atoms with Crippen molar-refractivity contribution in [2.24, 2.45) is 0 Å². The van der Waals surface area contributed by atoms with Gasteiger partial charge in [0.25, 0.3) is 0 Å². The van der Waals surface area contributed by atoms with Crippen LogP contribution in [0.5, 0.6) is 0 Å². The number of carbonyl (C=O) groups is 1. The number of thioether (sulfide) groups is 1. The van der Waals surface area contributed by atoms with E-state index in [1.54, 1.807) is 25.1 Å². The van der Waals surface area contributed by atoms with Gasteiger partial charge in [-0.25, -0.2) is 0 Å². The summed E-state index contributed by atoms with van der Waals surface area (Å²) < 4.78 is 5.00. The molecule has 5 heteroatoms. The van der Waals surface area contributed by atoms with Gasteiger partial charge in [-0.3, -0.25) is 4.79 Å². The van der Waals surface area contributed by atoms with Crippen LogP contribution in [0.4, 0.5) is 0 Å². The maximum absolute atomic E-state index is 11.7. The number of hydrogen-bond acceptors (Lipinski definition) is 3. The molecule has 0 spiro atoms. The first kappa shape index (κ1) is 14.7. The van der Waals surface area contributed by atoms with Crippen molar-refractivity contribution in [1.82, 2.24) is 0 Å². The van der Waals surface area contributed by atoms with Crippen molar-refractivity contribution in [2.45, 2.75) is 30.4 Å². The molecule has 0 aromatic heterocycles. The minimum Gasteiger partial charge on any atom is -0.465 e. The van der Waals surface area contributed by atoms with Crippen molar-refractivity contribution >= 4 is 40.9 Å². The van der Waals surface area contributed by atoms with Crippen LogP contribution in [0.3, 0.4) is 0 Å². The van der Waals surface area contributed by atoms with Crippen molar-refractivity contribution in [3.63, 3.8) is 0 Å². The fraction of sp³-hybridized carbons (Fsp3) is 0.417. The normalized spacial score (nSPS) is 12.2. The fourth-order valence-electron chi connectivity index (χ4n) is 1.25. The number of esters is 1. The highest BCUT2D eigenvalue weighted by molar-refractivity contribution is 8.00. The Hall–Kier alpha value is -0.380. The standard InChI is InChI=1S/C12H14Cl2O2S/c1-3-10(12(15)16-4-2)17-11-7-8(13)5-6-9(11)14/h5-7,10H,3-4H2,1-2H3. The van der Waals surface area contributed by atoms with E-state index in [-0.39, 0.29) is 11.2 Å². The second-order valence-corrected chi connectivity index (χ2v) is 5.43. The third-order valence-electron chi connectivity index (χ3n) is 2.08. The molecule has 0 fully saturated rings. The molecule has 0 bridgehead atoms. The summed E-state index contributed by atoms with van der Waals surface area (Å²) in [5.41, 5.74) is 0. The van der Waals surface area contributed by atoms with Crippen LogP contribution in [0.15, 0.2) is 23.1 Å². The van der Waals surface area contributed by atoms with Crippen LogP contribution in [0, 0.1) is 0 Å². The third kappa shape index (κ3) is 4.41. The summed E-state index contributed by atoms with van der Waals surface area (Å²) in [6.07, 6.45) is 0.687. The molecule has 0 heterocycles. The summed E-state index contributed by atoms with van der Waals surface area (Å²) in [7, 11) is 0. The van der Waals surface area contributed by atoms with E-state index in [0.717, 1.165) is 4.90 Å². The maximum atomic E-state index is 11.7. The molecule has 0 saturated heterocycles. The third-order valence-corrected chi connectivity index (χ3v) is 4.16. The molecule has 0 saturated carbocycles. The van der Waals surface area contributed by atoms with Crippen LogP contribution in [0.2, 0.25) is 10.0 Å². The van der Waals surface area contributed by atoms with Crippen molar-refractivity contribution in [1.29, 1.82) is 0 Å². The van der Waals surface area contributed by atoms with Gasteiger partial charge in [0.1, 0.15) is 5.25 Å². The quantitative estimate of drug-likeness (QED) is 0.593. The molecular weight excluding hydrogens is 279 g/mol.